The first-order chi connectivity index (χ1) is 8.74. The van der Waals surface area contributed by atoms with Gasteiger partial charge in [-0.1, -0.05) is 0 Å². The number of imidazole rings is 1. The second-order valence-corrected chi connectivity index (χ2v) is 7.49. The van der Waals surface area contributed by atoms with Crippen LogP contribution >= 0.6 is 0 Å². The van der Waals surface area contributed by atoms with E-state index in [2.05, 4.69) is 14.7 Å². The van der Waals surface area contributed by atoms with Gasteiger partial charge in [-0.2, -0.15) is 17.4 Å². The first-order valence-electron chi connectivity index (χ1n) is 6.51. The van der Waals surface area contributed by atoms with Crippen LogP contribution in [0.5, 0.6) is 0 Å². The van der Waals surface area contributed by atoms with Crippen LogP contribution in [0.25, 0.3) is 0 Å². The molecule has 1 aliphatic rings. The van der Waals surface area contributed by atoms with Gasteiger partial charge in [-0.15, -0.1) is 0 Å². The molecule has 0 bridgehead atoms. The van der Waals surface area contributed by atoms with Gasteiger partial charge in [0.15, 0.2) is 0 Å². The van der Waals surface area contributed by atoms with Crippen molar-refractivity contribution in [1.29, 1.82) is 0 Å². The van der Waals surface area contributed by atoms with Crippen molar-refractivity contribution >= 4 is 10.2 Å². The summed E-state index contributed by atoms with van der Waals surface area (Å²) < 4.78 is 28.9. The Labute approximate surface area is 114 Å². The van der Waals surface area contributed by atoms with Crippen molar-refractivity contribution in [2.45, 2.75) is 45.2 Å². The van der Waals surface area contributed by atoms with Gasteiger partial charge in [-0.25, -0.2) is 4.98 Å². The van der Waals surface area contributed by atoms with E-state index in [1.165, 1.54) is 4.31 Å². The molecule has 1 heterocycles. The molecule has 0 aliphatic heterocycles. The second kappa shape index (κ2) is 4.88. The summed E-state index contributed by atoms with van der Waals surface area (Å²) in [6.07, 6.45) is 5.52. The Bertz CT molecular complexity index is 520. The third-order valence-electron chi connectivity index (χ3n) is 3.73. The molecule has 1 aromatic heterocycles. The Hall–Kier alpha value is -0.920. The molecular weight excluding hydrogens is 264 g/mol. The van der Waals surface area contributed by atoms with Gasteiger partial charge in [0.25, 0.3) is 10.2 Å². The van der Waals surface area contributed by atoms with Crippen LogP contribution in [-0.2, 0) is 15.7 Å². The zero-order valence-electron chi connectivity index (χ0n) is 11.8. The van der Waals surface area contributed by atoms with Gasteiger partial charge < -0.3 is 4.98 Å². The predicted octanol–water partition coefficient (Wildman–Crippen LogP) is 1.21. The minimum atomic E-state index is -3.52. The lowest BCUT2D eigenvalue weighted by molar-refractivity contribution is 0.336. The van der Waals surface area contributed by atoms with Crippen molar-refractivity contribution < 1.29 is 8.42 Å². The summed E-state index contributed by atoms with van der Waals surface area (Å²) in [6.45, 7) is 5.54. The Kier molecular flexibility index (Phi) is 3.72. The van der Waals surface area contributed by atoms with Crippen LogP contribution in [-0.4, -0.2) is 35.8 Å². The van der Waals surface area contributed by atoms with E-state index in [0.29, 0.717) is 11.7 Å². The van der Waals surface area contributed by atoms with E-state index in [9.17, 15) is 8.42 Å². The lowest BCUT2D eigenvalue weighted by Crippen LogP contribution is -2.50. The monoisotopic (exact) mass is 286 g/mol. The number of aromatic nitrogens is 2. The number of aromatic amines is 1. The molecule has 108 valence electrons. The van der Waals surface area contributed by atoms with Gasteiger partial charge in [0, 0.05) is 25.5 Å². The summed E-state index contributed by atoms with van der Waals surface area (Å²) in [5.74, 6) is 1.09. The average Bonchev–Trinajstić information content (AvgIpc) is 2.99. The molecule has 1 aliphatic carbocycles. The van der Waals surface area contributed by atoms with Crippen molar-refractivity contribution in [1.82, 2.24) is 19.0 Å². The fourth-order valence-electron chi connectivity index (χ4n) is 2.14. The maximum atomic E-state index is 12.4. The SMILES string of the molecule is CC(C1CC1)N(C)S(=O)(=O)NC(C)(C)c1ncc[nH]1. The van der Waals surface area contributed by atoms with Crippen LogP contribution in [0.4, 0.5) is 0 Å². The average molecular weight is 286 g/mol. The summed E-state index contributed by atoms with van der Waals surface area (Å²) >= 11 is 0. The summed E-state index contributed by atoms with van der Waals surface area (Å²) in [6, 6.07) is 0.0323. The Morgan fingerprint density at radius 2 is 2.16 bits per heavy atom. The van der Waals surface area contributed by atoms with Crippen LogP contribution in [0.15, 0.2) is 12.4 Å². The Morgan fingerprint density at radius 1 is 1.53 bits per heavy atom. The van der Waals surface area contributed by atoms with E-state index < -0.39 is 15.7 Å². The van der Waals surface area contributed by atoms with Gasteiger partial charge in [0.05, 0.1) is 5.54 Å². The number of rotatable bonds is 6. The third-order valence-corrected chi connectivity index (χ3v) is 5.59. The topological polar surface area (TPSA) is 78.1 Å². The number of hydrogen-bond acceptors (Lipinski definition) is 3. The number of nitrogens with one attached hydrogen (secondary N) is 2. The van der Waals surface area contributed by atoms with E-state index in [0.717, 1.165) is 12.8 Å². The van der Waals surface area contributed by atoms with Crippen LogP contribution in [0, 0.1) is 5.92 Å². The lowest BCUT2D eigenvalue weighted by atomic mass is 10.1. The summed E-state index contributed by atoms with van der Waals surface area (Å²) in [5.41, 5.74) is -0.764. The highest BCUT2D eigenvalue weighted by molar-refractivity contribution is 7.87. The fourth-order valence-corrected chi connectivity index (χ4v) is 3.64. The largest absolute Gasteiger partial charge is 0.347 e. The van der Waals surface area contributed by atoms with E-state index in [4.69, 9.17) is 0 Å². The van der Waals surface area contributed by atoms with Crippen molar-refractivity contribution in [3.8, 4) is 0 Å². The normalized spacial score (nSPS) is 18.8. The molecule has 1 unspecified atom stereocenters. The van der Waals surface area contributed by atoms with Crippen molar-refractivity contribution in [2.24, 2.45) is 5.92 Å². The molecule has 0 saturated heterocycles. The zero-order chi connectivity index (χ0) is 14.3. The van der Waals surface area contributed by atoms with Crippen LogP contribution < -0.4 is 4.72 Å². The highest BCUT2D eigenvalue weighted by atomic mass is 32.2. The number of H-pyrrole nitrogens is 1. The van der Waals surface area contributed by atoms with Crippen molar-refractivity contribution in [2.75, 3.05) is 7.05 Å². The first kappa shape index (κ1) is 14.5. The molecule has 2 rings (SSSR count). The minimum Gasteiger partial charge on any atom is -0.347 e. The van der Waals surface area contributed by atoms with Crippen molar-refractivity contribution in [3.63, 3.8) is 0 Å². The van der Waals surface area contributed by atoms with Gasteiger partial charge in [-0.05, 0) is 39.5 Å². The molecule has 1 aromatic rings. The predicted molar refractivity (Wildman–Crippen MR) is 73.6 cm³/mol. The van der Waals surface area contributed by atoms with E-state index in [-0.39, 0.29) is 6.04 Å². The third kappa shape index (κ3) is 3.16. The molecule has 6 nitrogen and oxygen atoms in total. The second-order valence-electron chi connectivity index (χ2n) is 5.76. The molecule has 7 heteroatoms. The van der Waals surface area contributed by atoms with E-state index in [1.54, 1.807) is 33.3 Å². The van der Waals surface area contributed by atoms with Gasteiger partial charge in [0.2, 0.25) is 0 Å². The van der Waals surface area contributed by atoms with Gasteiger partial charge in [0.1, 0.15) is 5.82 Å². The van der Waals surface area contributed by atoms with Crippen molar-refractivity contribution in [3.05, 3.63) is 18.2 Å². The Morgan fingerprint density at radius 3 is 2.63 bits per heavy atom. The molecule has 1 saturated carbocycles. The van der Waals surface area contributed by atoms with Gasteiger partial charge in [-0.3, -0.25) is 0 Å². The fraction of sp³-hybridized carbons (Fsp3) is 0.750. The summed E-state index contributed by atoms with van der Waals surface area (Å²) in [7, 11) is -1.90. The minimum absolute atomic E-state index is 0.0323. The van der Waals surface area contributed by atoms with Crippen LogP contribution in [0.3, 0.4) is 0 Å². The molecule has 1 atom stereocenters. The zero-order valence-corrected chi connectivity index (χ0v) is 12.7. The van der Waals surface area contributed by atoms with Crippen LogP contribution in [0.2, 0.25) is 0 Å². The smallest absolute Gasteiger partial charge is 0.280 e. The first-order valence-corrected chi connectivity index (χ1v) is 7.95. The molecule has 0 spiro atoms. The molecule has 2 N–H and O–H groups in total. The van der Waals surface area contributed by atoms with Crippen LogP contribution in [0.1, 0.15) is 39.4 Å². The number of hydrogen-bond donors (Lipinski definition) is 2. The molecule has 0 radical (unpaired) electrons. The highest BCUT2D eigenvalue weighted by Gasteiger charge is 2.38. The standard InChI is InChI=1S/C12H22N4O2S/c1-9(10-5-6-10)16(4)19(17,18)15-12(2,3)11-13-7-8-14-11/h7-10,15H,5-6H2,1-4H3,(H,13,14). The summed E-state index contributed by atoms with van der Waals surface area (Å²) in [4.78, 5) is 7.07. The van der Waals surface area contributed by atoms with E-state index in [1.807, 2.05) is 6.92 Å². The van der Waals surface area contributed by atoms with E-state index >= 15 is 0 Å². The maximum absolute atomic E-state index is 12.4. The molecule has 1 fully saturated rings. The molecule has 0 amide bonds. The summed E-state index contributed by atoms with van der Waals surface area (Å²) in [5, 5.41) is 0. The lowest BCUT2D eigenvalue weighted by Gasteiger charge is -2.30. The van der Waals surface area contributed by atoms with Gasteiger partial charge >= 0.3 is 0 Å². The maximum Gasteiger partial charge on any atom is 0.280 e. The highest BCUT2D eigenvalue weighted by Crippen LogP contribution is 2.35. The molecular formula is C12H22N4O2S. The molecule has 0 aromatic carbocycles. The molecule has 19 heavy (non-hydrogen) atoms. The number of nitrogens with zero attached hydrogens (tertiary/aromatic N) is 2. The quantitative estimate of drug-likeness (QED) is 0.825. The Balaban J connectivity index is 2.12.